The van der Waals surface area contributed by atoms with E-state index in [4.69, 9.17) is 8.83 Å². The highest BCUT2D eigenvalue weighted by molar-refractivity contribution is 5.78. The number of carbonyl (C=O) groups is 1. The summed E-state index contributed by atoms with van der Waals surface area (Å²) in [5, 5.41) is 0. The zero-order valence-electron chi connectivity index (χ0n) is 15.0. The van der Waals surface area contributed by atoms with Gasteiger partial charge in [0, 0.05) is 12.8 Å². The molecule has 0 aliphatic rings. The van der Waals surface area contributed by atoms with Gasteiger partial charge in [-0.05, 0) is 73.6 Å². The van der Waals surface area contributed by atoms with E-state index in [0.29, 0.717) is 17.6 Å². The highest BCUT2D eigenvalue weighted by atomic mass is 16.3. The highest BCUT2D eigenvalue weighted by Crippen LogP contribution is 2.19. The predicted molar refractivity (Wildman–Crippen MR) is 95.9 cm³/mol. The number of carbonyl (C=O) groups excluding carboxylic acids is 1. The Bertz CT molecular complexity index is 504. The minimum atomic E-state index is 0.418. The fourth-order valence-corrected chi connectivity index (χ4v) is 3.24. The first kappa shape index (κ1) is 18.6. The Kier molecular flexibility index (Phi) is 7.87. The molecule has 2 rings (SSSR count). The van der Waals surface area contributed by atoms with Crippen molar-refractivity contribution in [1.29, 1.82) is 0 Å². The van der Waals surface area contributed by atoms with Crippen molar-refractivity contribution in [3.8, 4) is 0 Å². The molecule has 24 heavy (non-hydrogen) atoms. The number of aryl methyl sites for hydroxylation is 2. The summed E-state index contributed by atoms with van der Waals surface area (Å²) in [6.45, 7) is 4.38. The van der Waals surface area contributed by atoms with Crippen molar-refractivity contribution < 1.29 is 13.6 Å². The van der Waals surface area contributed by atoms with Crippen molar-refractivity contribution in [2.75, 3.05) is 0 Å². The maximum Gasteiger partial charge on any atom is 0.133 e. The van der Waals surface area contributed by atoms with Crippen LogP contribution in [0.2, 0.25) is 0 Å². The second-order valence-electron chi connectivity index (χ2n) is 7.20. The van der Waals surface area contributed by atoms with Crippen LogP contribution >= 0.6 is 0 Å². The summed E-state index contributed by atoms with van der Waals surface area (Å²) in [7, 11) is 0. The first-order chi connectivity index (χ1) is 11.6. The van der Waals surface area contributed by atoms with E-state index in [1.165, 1.54) is 11.1 Å². The lowest BCUT2D eigenvalue weighted by molar-refractivity contribution is -0.120. The molecule has 0 fully saturated rings. The van der Waals surface area contributed by atoms with E-state index in [9.17, 15) is 4.79 Å². The van der Waals surface area contributed by atoms with Crippen LogP contribution in [0.1, 0.15) is 63.5 Å². The summed E-state index contributed by atoms with van der Waals surface area (Å²) < 4.78 is 10.2. The Morgan fingerprint density at radius 3 is 1.71 bits per heavy atom. The van der Waals surface area contributed by atoms with Crippen LogP contribution in [0.25, 0.3) is 0 Å². The molecule has 0 aliphatic carbocycles. The van der Waals surface area contributed by atoms with Crippen molar-refractivity contribution in [2.45, 2.75) is 65.2 Å². The average Bonchev–Trinajstić information content (AvgIpc) is 3.20. The van der Waals surface area contributed by atoms with Gasteiger partial charge in [0.05, 0.1) is 25.1 Å². The Balaban J connectivity index is 1.54. The SMILES string of the molecule is C[C@@H](CCCc1ccoc1)CC(=O)C[C@@H](C)CCCc1ccoc1. The molecule has 0 saturated carbocycles. The van der Waals surface area contributed by atoms with Crippen LogP contribution < -0.4 is 0 Å². The van der Waals surface area contributed by atoms with E-state index in [2.05, 4.69) is 13.8 Å². The van der Waals surface area contributed by atoms with Crippen molar-refractivity contribution in [1.82, 2.24) is 0 Å². The lowest BCUT2D eigenvalue weighted by Crippen LogP contribution is -2.10. The number of furan rings is 2. The van der Waals surface area contributed by atoms with Crippen LogP contribution in [0, 0.1) is 11.8 Å². The highest BCUT2D eigenvalue weighted by Gasteiger charge is 2.13. The van der Waals surface area contributed by atoms with Gasteiger partial charge in [-0.1, -0.05) is 13.8 Å². The molecule has 0 amide bonds. The standard InChI is InChI=1S/C21H30O3/c1-17(5-3-7-19-9-11-23-15-19)13-21(22)14-18(2)6-4-8-20-10-12-24-16-20/h9-12,15-18H,3-8,13-14H2,1-2H3/t17-,18-/m0/s1. The molecule has 3 heteroatoms. The van der Waals surface area contributed by atoms with Crippen LogP contribution in [0.4, 0.5) is 0 Å². The largest absolute Gasteiger partial charge is 0.472 e. The molecule has 0 bridgehead atoms. The molecule has 3 nitrogen and oxygen atoms in total. The summed E-state index contributed by atoms with van der Waals surface area (Å²) in [4.78, 5) is 12.2. The molecule has 0 radical (unpaired) electrons. The minimum absolute atomic E-state index is 0.418. The van der Waals surface area contributed by atoms with E-state index in [-0.39, 0.29) is 0 Å². The second kappa shape index (κ2) is 10.2. The number of hydrogen-bond donors (Lipinski definition) is 0. The van der Waals surface area contributed by atoms with Gasteiger partial charge in [0.1, 0.15) is 5.78 Å². The normalized spacial score (nSPS) is 13.8. The fraction of sp³-hybridized carbons (Fsp3) is 0.571. The van der Waals surface area contributed by atoms with Gasteiger partial charge in [0.25, 0.3) is 0 Å². The molecular formula is C21H30O3. The Morgan fingerprint density at radius 2 is 1.33 bits per heavy atom. The summed E-state index contributed by atoms with van der Waals surface area (Å²) in [6.07, 6.45) is 15.0. The number of hydrogen-bond acceptors (Lipinski definition) is 3. The van der Waals surface area contributed by atoms with E-state index in [1.54, 1.807) is 25.1 Å². The molecule has 2 atom stereocenters. The van der Waals surface area contributed by atoms with Crippen molar-refractivity contribution in [3.05, 3.63) is 48.3 Å². The Morgan fingerprint density at radius 1 is 0.875 bits per heavy atom. The lowest BCUT2D eigenvalue weighted by atomic mass is 9.91. The van der Waals surface area contributed by atoms with Crippen molar-refractivity contribution in [2.24, 2.45) is 11.8 Å². The molecule has 2 aromatic heterocycles. The van der Waals surface area contributed by atoms with Gasteiger partial charge in [0.2, 0.25) is 0 Å². The lowest BCUT2D eigenvalue weighted by Gasteiger charge is -2.13. The molecule has 0 unspecified atom stereocenters. The first-order valence-corrected chi connectivity index (χ1v) is 9.17. The van der Waals surface area contributed by atoms with Crippen LogP contribution in [-0.2, 0) is 17.6 Å². The van der Waals surface area contributed by atoms with Crippen LogP contribution in [-0.4, -0.2) is 5.78 Å². The van der Waals surface area contributed by atoms with Gasteiger partial charge in [-0.25, -0.2) is 0 Å². The molecule has 132 valence electrons. The topological polar surface area (TPSA) is 43.4 Å². The molecule has 0 N–H and O–H groups in total. The third kappa shape index (κ3) is 7.20. The van der Waals surface area contributed by atoms with E-state index in [0.717, 1.165) is 51.4 Å². The smallest absolute Gasteiger partial charge is 0.133 e. The summed E-state index contributed by atoms with van der Waals surface area (Å²) in [5.74, 6) is 1.37. The van der Waals surface area contributed by atoms with Gasteiger partial charge in [0.15, 0.2) is 0 Å². The molecule has 0 saturated heterocycles. The summed E-state index contributed by atoms with van der Waals surface area (Å²) >= 11 is 0. The summed E-state index contributed by atoms with van der Waals surface area (Å²) in [5.41, 5.74) is 2.50. The second-order valence-corrected chi connectivity index (χ2v) is 7.20. The average molecular weight is 330 g/mol. The van der Waals surface area contributed by atoms with E-state index < -0.39 is 0 Å². The van der Waals surface area contributed by atoms with Crippen LogP contribution in [0.3, 0.4) is 0 Å². The zero-order chi connectivity index (χ0) is 17.2. The third-order valence-corrected chi connectivity index (χ3v) is 4.64. The zero-order valence-corrected chi connectivity index (χ0v) is 15.0. The summed E-state index contributed by atoms with van der Waals surface area (Å²) in [6, 6.07) is 4.03. The molecule has 2 aromatic rings. The van der Waals surface area contributed by atoms with Crippen LogP contribution in [0.5, 0.6) is 0 Å². The van der Waals surface area contributed by atoms with Gasteiger partial charge < -0.3 is 8.83 Å². The maximum absolute atomic E-state index is 12.2. The molecule has 0 aromatic carbocycles. The minimum Gasteiger partial charge on any atom is -0.472 e. The van der Waals surface area contributed by atoms with Gasteiger partial charge in [-0.15, -0.1) is 0 Å². The first-order valence-electron chi connectivity index (χ1n) is 9.17. The number of ketones is 1. The molecular weight excluding hydrogens is 300 g/mol. The predicted octanol–water partition coefficient (Wildman–Crippen LogP) is 5.84. The van der Waals surface area contributed by atoms with Gasteiger partial charge in [-0.2, -0.15) is 0 Å². The van der Waals surface area contributed by atoms with Crippen molar-refractivity contribution >= 4 is 5.78 Å². The fourth-order valence-electron chi connectivity index (χ4n) is 3.24. The van der Waals surface area contributed by atoms with Crippen molar-refractivity contribution in [3.63, 3.8) is 0 Å². The number of rotatable bonds is 12. The molecule has 2 heterocycles. The van der Waals surface area contributed by atoms with E-state index >= 15 is 0 Å². The third-order valence-electron chi connectivity index (χ3n) is 4.64. The van der Waals surface area contributed by atoms with Gasteiger partial charge in [-0.3, -0.25) is 4.79 Å². The van der Waals surface area contributed by atoms with Crippen LogP contribution in [0.15, 0.2) is 46.0 Å². The monoisotopic (exact) mass is 330 g/mol. The van der Waals surface area contributed by atoms with Gasteiger partial charge >= 0.3 is 0 Å². The molecule has 0 spiro atoms. The molecule has 0 aliphatic heterocycles. The maximum atomic E-state index is 12.2. The van der Waals surface area contributed by atoms with E-state index in [1.807, 2.05) is 12.1 Å². The number of Topliss-reactive ketones (excluding diaryl/α,β-unsaturated/α-hetero) is 1. The Hall–Kier alpha value is -1.77. The quantitative estimate of drug-likeness (QED) is 0.491. The Labute approximate surface area is 145 Å².